The first-order valence-electron chi connectivity index (χ1n) is 7.81. The molecule has 0 bridgehead atoms. The van der Waals surface area contributed by atoms with E-state index in [1.807, 2.05) is 31.1 Å². The number of carbonyl (C=O) groups is 1. The standard InChI is InChI=1S/C16H26N4O/c1-19(2)12-9-18-16(21)15-13-14(7-8-17-15)20-10-5-3-4-6-11-20/h7-8,13H,3-6,9-12H2,1-2H3,(H,18,21). The summed E-state index contributed by atoms with van der Waals surface area (Å²) in [6.45, 7) is 3.62. The quantitative estimate of drug-likeness (QED) is 0.897. The van der Waals surface area contributed by atoms with Crippen molar-refractivity contribution in [2.45, 2.75) is 25.7 Å². The fraction of sp³-hybridized carbons (Fsp3) is 0.625. The van der Waals surface area contributed by atoms with E-state index in [0.717, 1.165) is 25.3 Å². The number of hydrogen-bond donors (Lipinski definition) is 1. The molecule has 1 fully saturated rings. The Morgan fingerprint density at radius 3 is 2.67 bits per heavy atom. The van der Waals surface area contributed by atoms with Gasteiger partial charge < -0.3 is 15.1 Å². The van der Waals surface area contributed by atoms with Crippen molar-refractivity contribution in [1.82, 2.24) is 15.2 Å². The predicted molar refractivity (Wildman–Crippen MR) is 85.8 cm³/mol. The molecule has 116 valence electrons. The number of likely N-dealkylation sites (N-methyl/N-ethyl adjacent to an activating group) is 1. The third kappa shape index (κ3) is 5.01. The summed E-state index contributed by atoms with van der Waals surface area (Å²) in [5.41, 5.74) is 1.63. The van der Waals surface area contributed by atoms with Gasteiger partial charge in [0.15, 0.2) is 0 Å². The van der Waals surface area contributed by atoms with Crippen LogP contribution >= 0.6 is 0 Å². The van der Waals surface area contributed by atoms with E-state index in [4.69, 9.17) is 0 Å². The molecule has 0 radical (unpaired) electrons. The molecular weight excluding hydrogens is 264 g/mol. The van der Waals surface area contributed by atoms with Gasteiger partial charge in [0.05, 0.1) is 0 Å². The Bertz CT molecular complexity index is 453. The average molecular weight is 290 g/mol. The zero-order chi connectivity index (χ0) is 15.1. The highest BCUT2D eigenvalue weighted by Gasteiger charge is 2.13. The SMILES string of the molecule is CN(C)CCNC(=O)c1cc(N2CCCCCC2)ccn1. The summed E-state index contributed by atoms with van der Waals surface area (Å²) in [5, 5.41) is 2.91. The molecule has 1 N–H and O–H groups in total. The highest BCUT2D eigenvalue weighted by Crippen LogP contribution is 2.19. The Labute approximate surface area is 127 Å². The molecule has 5 heteroatoms. The lowest BCUT2D eigenvalue weighted by Crippen LogP contribution is -2.32. The van der Waals surface area contributed by atoms with E-state index >= 15 is 0 Å². The predicted octanol–water partition coefficient (Wildman–Crippen LogP) is 1.75. The Balaban J connectivity index is 1.97. The third-order valence-corrected chi connectivity index (χ3v) is 3.79. The van der Waals surface area contributed by atoms with Crippen molar-refractivity contribution in [1.29, 1.82) is 0 Å². The van der Waals surface area contributed by atoms with Crippen molar-refractivity contribution in [3.63, 3.8) is 0 Å². The Morgan fingerprint density at radius 1 is 1.29 bits per heavy atom. The molecule has 1 aliphatic heterocycles. The number of hydrogen-bond acceptors (Lipinski definition) is 4. The van der Waals surface area contributed by atoms with Gasteiger partial charge in [-0.2, -0.15) is 0 Å². The molecule has 1 saturated heterocycles. The zero-order valence-corrected chi connectivity index (χ0v) is 13.1. The van der Waals surface area contributed by atoms with Crippen LogP contribution in [-0.2, 0) is 0 Å². The molecule has 1 amide bonds. The van der Waals surface area contributed by atoms with E-state index < -0.39 is 0 Å². The Kier molecular flexibility index (Phi) is 5.99. The van der Waals surface area contributed by atoms with Crippen molar-refractivity contribution in [3.05, 3.63) is 24.0 Å². The van der Waals surface area contributed by atoms with Gasteiger partial charge in [0.2, 0.25) is 0 Å². The van der Waals surface area contributed by atoms with E-state index in [1.54, 1.807) is 6.20 Å². The molecule has 1 aromatic heterocycles. The first-order chi connectivity index (χ1) is 10.2. The van der Waals surface area contributed by atoms with E-state index in [0.29, 0.717) is 12.2 Å². The zero-order valence-electron chi connectivity index (χ0n) is 13.1. The fourth-order valence-corrected chi connectivity index (χ4v) is 2.55. The van der Waals surface area contributed by atoms with Crippen LogP contribution in [0, 0.1) is 0 Å². The molecule has 0 unspecified atom stereocenters. The van der Waals surface area contributed by atoms with Crippen LogP contribution in [0.15, 0.2) is 18.3 Å². The van der Waals surface area contributed by atoms with Crippen LogP contribution in [-0.4, -0.2) is 56.1 Å². The second kappa shape index (κ2) is 7.98. The van der Waals surface area contributed by atoms with Gasteiger partial charge in [0.25, 0.3) is 5.91 Å². The van der Waals surface area contributed by atoms with Crippen LogP contribution in [0.1, 0.15) is 36.2 Å². The van der Waals surface area contributed by atoms with Crippen molar-refractivity contribution in [2.24, 2.45) is 0 Å². The molecule has 1 aliphatic rings. The van der Waals surface area contributed by atoms with Gasteiger partial charge in [-0.1, -0.05) is 12.8 Å². The first-order valence-corrected chi connectivity index (χ1v) is 7.81. The van der Waals surface area contributed by atoms with Crippen LogP contribution in [0.5, 0.6) is 0 Å². The van der Waals surface area contributed by atoms with Crippen LogP contribution in [0.4, 0.5) is 5.69 Å². The highest BCUT2D eigenvalue weighted by atomic mass is 16.1. The number of rotatable bonds is 5. The van der Waals surface area contributed by atoms with Gasteiger partial charge in [0.1, 0.15) is 5.69 Å². The maximum Gasteiger partial charge on any atom is 0.269 e. The smallest absolute Gasteiger partial charge is 0.269 e. The van der Waals surface area contributed by atoms with Gasteiger partial charge in [-0.3, -0.25) is 9.78 Å². The lowest BCUT2D eigenvalue weighted by atomic mass is 10.2. The molecule has 1 aromatic rings. The summed E-state index contributed by atoms with van der Waals surface area (Å²) >= 11 is 0. The fourth-order valence-electron chi connectivity index (χ4n) is 2.55. The van der Waals surface area contributed by atoms with Crippen molar-refractivity contribution in [3.8, 4) is 0 Å². The number of nitrogens with one attached hydrogen (secondary N) is 1. The van der Waals surface area contributed by atoms with Crippen LogP contribution < -0.4 is 10.2 Å². The molecular formula is C16H26N4O. The minimum Gasteiger partial charge on any atom is -0.371 e. The molecule has 2 rings (SSSR count). The van der Waals surface area contributed by atoms with E-state index in [9.17, 15) is 4.79 Å². The van der Waals surface area contributed by atoms with Crippen molar-refractivity contribution in [2.75, 3.05) is 45.2 Å². The molecule has 5 nitrogen and oxygen atoms in total. The van der Waals surface area contributed by atoms with E-state index in [1.165, 1.54) is 25.7 Å². The number of anilines is 1. The molecule has 0 aromatic carbocycles. The Morgan fingerprint density at radius 2 is 2.00 bits per heavy atom. The van der Waals surface area contributed by atoms with Crippen molar-refractivity contribution >= 4 is 11.6 Å². The number of aromatic nitrogens is 1. The Hall–Kier alpha value is -1.62. The monoisotopic (exact) mass is 290 g/mol. The largest absolute Gasteiger partial charge is 0.371 e. The summed E-state index contributed by atoms with van der Waals surface area (Å²) in [5.74, 6) is -0.0893. The maximum absolute atomic E-state index is 12.1. The second-order valence-corrected chi connectivity index (χ2v) is 5.86. The van der Waals surface area contributed by atoms with Crippen LogP contribution in [0.3, 0.4) is 0 Å². The third-order valence-electron chi connectivity index (χ3n) is 3.79. The molecule has 0 saturated carbocycles. The van der Waals surface area contributed by atoms with Gasteiger partial charge in [-0.25, -0.2) is 0 Å². The van der Waals surface area contributed by atoms with Crippen LogP contribution in [0.25, 0.3) is 0 Å². The van der Waals surface area contributed by atoms with Gasteiger partial charge in [-0.15, -0.1) is 0 Å². The van der Waals surface area contributed by atoms with Crippen LogP contribution in [0.2, 0.25) is 0 Å². The molecule has 0 atom stereocenters. The normalized spacial score (nSPS) is 15.9. The van der Waals surface area contributed by atoms with E-state index in [-0.39, 0.29) is 5.91 Å². The minimum absolute atomic E-state index is 0.0893. The van der Waals surface area contributed by atoms with Crippen molar-refractivity contribution < 1.29 is 4.79 Å². The molecule has 2 heterocycles. The number of nitrogens with zero attached hydrogens (tertiary/aromatic N) is 3. The van der Waals surface area contributed by atoms with Gasteiger partial charge >= 0.3 is 0 Å². The molecule has 0 aliphatic carbocycles. The number of amides is 1. The average Bonchev–Trinajstić information content (AvgIpc) is 2.76. The second-order valence-electron chi connectivity index (χ2n) is 5.86. The summed E-state index contributed by atoms with van der Waals surface area (Å²) < 4.78 is 0. The topological polar surface area (TPSA) is 48.5 Å². The highest BCUT2D eigenvalue weighted by molar-refractivity contribution is 5.93. The molecule has 21 heavy (non-hydrogen) atoms. The minimum atomic E-state index is -0.0893. The van der Waals surface area contributed by atoms with Gasteiger partial charge in [-0.05, 0) is 39.1 Å². The number of carbonyl (C=O) groups excluding carboxylic acids is 1. The lowest BCUT2D eigenvalue weighted by molar-refractivity contribution is 0.0946. The maximum atomic E-state index is 12.1. The lowest BCUT2D eigenvalue weighted by Gasteiger charge is -2.22. The molecule has 0 spiro atoms. The summed E-state index contributed by atoms with van der Waals surface area (Å²) in [6, 6.07) is 3.91. The summed E-state index contributed by atoms with van der Waals surface area (Å²) in [6.07, 6.45) is 6.80. The first kappa shape index (κ1) is 15.8. The number of pyridine rings is 1. The summed E-state index contributed by atoms with van der Waals surface area (Å²) in [7, 11) is 3.98. The van der Waals surface area contributed by atoms with E-state index in [2.05, 4.69) is 15.2 Å². The summed E-state index contributed by atoms with van der Waals surface area (Å²) in [4.78, 5) is 20.7. The van der Waals surface area contributed by atoms with Gasteiger partial charge in [0, 0.05) is 38.1 Å².